The smallest absolute Gasteiger partial charge is 0.315 e. The molecule has 2 aromatic rings. The number of carbonyl (C=O) groups is 1. The van der Waals surface area contributed by atoms with Gasteiger partial charge in [0.25, 0.3) is 5.91 Å². The molecule has 0 atom stereocenters. The minimum absolute atomic E-state index is 0.0337. The standard InChI is InChI=1S/C15H14N4O5/c1-2-24-13-8-10(7-12(14(13)20)19(22)23)9-17-18-15(21)11-3-5-16-6-4-11/h3-9,20H,2H2,1H3,(H,18,21)/b17-9+. The number of nitro groups is 1. The average molecular weight is 330 g/mol. The first-order valence-corrected chi connectivity index (χ1v) is 6.90. The first-order valence-electron chi connectivity index (χ1n) is 6.90. The molecule has 0 spiro atoms. The van der Waals surface area contributed by atoms with Crippen molar-refractivity contribution in [2.75, 3.05) is 6.61 Å². The van der Waals surface area contributed by atoms with Gasteiger partial charge in [-0.3, -0.25) is 19.9 Å². The summed E-state index contributed by atoms with van der Waals surface area (Å²) in [6.45, 7) is 1.91. The summed E-state index contributed by atoms with van der Waals surface area (Å²) < 4.78 is 5.15. The molecule has 9 heteroatoms. The fourth-order valence-corrected chi connectivity index (χ4v) is 1.83. The van der Waals surface area contributed by atoms with Crippen LogP contribution >= 0.6 is 0 Å². The Hall–Kier alpha value is -3.49. The van der Waals surface area contributed by atoms with Crippen LogP contribution in [0.5, 0.6) is 11.5 Å². The van der Waals surface area contributed by atoms with E-state index in [0.717, 1.165) is 6.07 Å². The normalized spacial score (nSPS) is 10.5. The van der Waals surface area contributed by atoms with Gasteiger partial charge in [-0.15, -0.1) is 0 Å². The predicted octanol–water partition coefficient (Wildman–Crippen LogP) is 1.86. The Morgan fingerprint density at radius 1 is 1.46 bits per heavy atom. The van der Waals surface area contributed by atoms with Crippen molar-refractivity contribution < 1.29 is 19.6 Å². The number of benzene rings is 1. The average Bonchev–Trinajstić information content (AvgIpc) is 2.58. The summed E-state index contributed by atoms with van der Waals surface area (Å²) in [6, 6.07) is 5.54. The van der Waals surface area contributed by atoms with Crippen molar-refractivity contribution in [2.24, 2.45) is 5.10 Å². The van der Waals surface area contributed by atoms with Crippen LogP contribution in [0.1, 0.15) is 22.8 Å². The third-order valence-electron chi connectivity index (χ3n) is 2.90. The summed E-state index contributed by atoms with van der Waals surface area (Å²) in [4.78, 5) is 25.8. The second kappa shape index (κ2) is 7.68. The van der Waals surface area contributed by atoms with E-state index in [0.29, 0.717) is 5.56 Å². The zero-order valence-corrected chi connectivity index (χ0v) is 12.7. The van der Waals surface area contributed by atoms with Crippen molar-refractivity contribution in [1.29, 1.82) is 0 Å². The lowest BCUT2D eigenvalue weighted by molar-refractivity contribution is -0.386. The van der Waals surface area contributed by atoms with Crippen LogP contribution in [-0.2, 0) is 0 Å². The highest BCUT2D eigenvalue weighted by Gasteiger charge is 2.19. The molecule has 0 aliphatic rings. The number of aromatic nitrogens is 1. The fourth-order valence-electron chi connectivity index (χ4n) is 1.83. The quantitative estimate of drug-likeness (QED) is 0.473. The van der Waals surface area contributed by atoms with Gasteiger partial charge in [0.1, 0.15) is 0 Å². The van der Waals surface area contributed by atoms with Gasteiger partial charge in [0.15, 0.2) is 5.75 Å². The second-order valence-electron chi connectivity index (χ2n) is 4.51. The Morgan fingerprint density at radius 3 is 2.79 bits per heavy atom. The van der Waals surface area contributed by atoms with Gasteiger partial charge in [0.05, 0.1) is 17.7 Å². The summed E-state index contributed by atoms with van der Waals surface area (Å²) in [5.74, 6) is -1.04. The third kappa shape index (κ3) is 4.03. The molecule has 0 saturated heterocycles. The van der Waals surface area contributed by atoms with E-state index >= 15 is 0 Å². The maximum Gasteiger partial charge on any atom is 0.315 e. The maximum atomic E-state index is 11.8. The lowest BCUT2D eigenvalue weighted by Gasteiger charge is -2.07. The molecule has 0 aliphatic heterocycles. The van der Waals surface area contributed by atoms with E-state index in [1.54, 1.807) is 6.92 Å². The van der Waals surface area contributed by atoms with E-state index in [-0.39, 0.29) is 17.9 Å². The van der Waals surface area contributed by atoms with Crippen LogP contribution in [0.3, 0.4) is 0 Å². The second-order valence-corrected chi connectivity index (χ2v) is 4.51. The number of hydrogen-bond donors (Lipinski definition) is 2. The number of carbonyl (C=O) groups excluding carboxylic acids is 1. The molecule has 0 radical (unpaired) electrons. The molecule has 24 heavy (non-hydrogen) atoms. The highest BCUT2D eigenvalue weighted by molar-refractivity contribution is 5.94. The van der Waals surface area contributed by atoms with Crippen molar-refractivity contribution in [2.45, 2.75) is 6.92 Å². The van der Waals surface area contributed by atoms with Crippen LogP contribution in [0, 0.1) is 10.1 Å². The van der Waals surface area contributed by atoms with Gasteiger partial charge in [-0.2, -0.15) is 5.10 Å². The number of nitrogens with one attached hydrogen (secondary N) is 1. The monoisotopic (exact) mass is 330 g/mol. The molecule has 9 nitrogen and oxygen atoms in total. The lowest BCUT2D eigenvalue weighted by Crippen LogP contribution is -2.17. The number of pyridine rings is 1. The molecular formula is C15H14N4O5. The number of phenolic OH excluding ortho intramolecular Hbond substituents is 1. The lowest BCUT2D eigenvalue weighted by atomic mass is 10.2. The van der Waals surface area contributed by atoms with Gasteiger partial charge in [0.2, 0.25) is 5.75 Å². The summed E-state index contributed by atoms with van der Waals surface area (Å²) in [5, 5.41) is 24.5. The topological polar surface area (TPSA) is 127 Å². The molecule has 1 heterocycles. The number of rotatable bonds is 6. The number of ether oxygens (including phenoxy) is 1. The fraction of sp³-hybridized carbons (Fsp3) is 0.133. The summed E-state index contributed by atoms with van der Waals surface area (Å²) in [6.07, 6.45) is 4.15. The van der Waals surface area contributed by atoms with E-state index < -0.39 is 22.3 Å². The Balaban J connectivity index is 2.19. The highest BCUT2D eigenvalue weighted by atomic mass is 16.6. The number of phenols is 1. The number of hydrogen-bond acceptors (Lipinski definition) is 7. The highest BCUT2D eigenvalue weighted by Crippen LogP contribution is 2.36. The molecule has 0 saturated carbocycles. The van der Waals surface area contributed by atoms with Gasteiger partial charge in [-0.1, -0.05) is 0 Å². The Kier molecular flexibility index (Phi) is 5.40. The van der Waals surface area contributed by atoms with E-state index in [1.807, 2.05) is 0 Å². The minimum Gasteiger partial charge on any atom is -0.500 e. The summed E-state index contributed by atoms with van der Waals surface area (Å²) in [7, 11) is 0. The zero-order chi connectivity index (χ0) is 17.5. The molecule has 1 aromatic heterocycles. The van der Waals surface area contributed by atoms with E-state index in [4.69, 9.17) is 4.74 Å². The van der Waals surface area contributed by atoms with Crippen molar-refractivity contribution >= 4 is 17.8 Å². The largest absolute Gasteiger partial charge is 0.500 e. The van der Waals surface area contributed by atoms with Gasteiger partial charge in [-0.25, -0.2) is 5.43 Å². The van der Waals surface area contributed by atoms with Gasteiger partial charge < -0.3 is 9.84 Å². The molecule has 2 N–H and O–H groups in total. The van der Waals surface area contributed by atoms with E-state index in [9.17, 15) is 20.0 Å². The van der Waals surface area contributed by atoms with Gasteiger partial charge >= 0.3 is 5.69 Å². The third-order valence-corrected chi connectivity index (χ3v) is 2.90. The number of aromatic hydroxyl groups is 1. The van der Waals surface area contributed by atoms with Gasteiger partial charge in [0, 0.05) is 29.6 Å². The molecule has 0 fully saturated rings. The van der Waals surface area contributed by atoms with Crippen LogP contribution in [0.4, 0.5) is 5.69 Å². The number of hydrazone groups is 1. The van der Waals surface area contributed by atoms with Crippen LogP contribution in [-0.4, -0.2) is 33.7 Å². The van der Waals surface area contributed by atoms with Crippen LogP contribution in [0.25, 0.3) is 0 Å². The Bertz CT molecular complexity index is 777. The number of nitro benzene ring substituents is 1. The number of amides is 1. The minimum atomic E-state index is -0.731. The molecule has 0 aliphatic carbocycles. The molecule has 124 valence electrons. The van der Waals surface area contributed by atoms with Gasteiger partial charge in [-0.05, 0) is 25.1 Å². The molecule has 0 unspecified atom stereocenters. The number of nitrogens with zero attached hydrogens (tertiary/aromatic N) is 3. The van der Waals surface area contributed by atoms with Crippen molar-refractivity contribution in [1.82, 2.24) is 10.4 Å². The zero-order valence-electron chi connectivity index (χ0n) is 12.7. The van der Waals surface area contributed by atoms with E-state index in [1.165, 1.54) is 36.8 Å². The SMILES string of the molecule is CCOc1cc(/C=N/NC(=O)c2ccncc2)cc([N+](=O)[O-])c1O. The summed E-state index contributed by atoms with van der Waals surface area (Å²) >= 11 is 0. The first kappa shape index (κ1) is 16.9. The van der Waals surface area contributed by atoms with Crippen LogP contribution in [0.15, 0.2) is 41.8 Å². The van der Waals surface area contributed by atoms with Crippen molar-refractivity contribution in [3.05, 3.63) is 57.9 Å². The molecule has 2 rings (SSSR count). The maximum absolute atomic E-state index is 11.8. The van der Waals surface area contributed by atoms with Crippen molar-refractivity contribution in [3.8, 4) is 11.5 Å². The molecule has 1 aromatic carbocycles. The van der Waals surface area contributed by atoms with Crippen LogP contribution < -0.4 is 10.2 Å². The first-order chi connectivity index (χ1) is 11.5. The molecule has 1 amide bonds. The predicted molar refractivity (Wildman–Crippen MR) is 85.2 cm³/mol. The Morgan fingerprint density at radius 2 is 2.17 bits per heavy atom. The molecular weight excluding hydrogens is 316 g/mol. The molecule has 0 bridgehead atoms. The van der Waals surface area contributed by atoms with Crippen LogP contribution in [0.2, 0.25) is 0 Å². The van der Waals surface area contributed by atoms with Crippen molar-refractivity contribution in [3.63, 3.8) is 0 Å². The Labute approximate surface area is 136 Å². The van der Waals surface area contributed by atoms with E-state index in [2.05, 4.69) is 15.5 Å². The summed E-state index contributed by atoms with van der Waals surface area (Å²) in [5.41, 5.74) is 2.44.